The van der Waals surface area contributed by atoms with Gasteiger partial charge in [-0.25, -0.2) is 0 Å². The lowest BCUT2D eigenvalue weighted by molar-refractivity contribution is -0.384. The minimum Gasteiger partial charge on any atom is -0.325 e. The number of carbonyl (C=O) groups excluding carboxylic acids is 1. The van der Waals surface area contributed by atoms with Crippen molar-refractivity contribution in [1.82, 2.24) is 14.8 Å². The van der Waals surface area contributed by atoms with Gasteiger partial charge in [0, 0.05) is 33.5 Å². The highest BCUT2D eigenvalue weighted by Crippen LogP contribution is 2.29. The van der Waals surface area contributed by atoms with Gasteiger partial charge in [0.1, 0.15) is 0 Å². The number of para-hydroxylation sites is 1. The van der Waals surface area contributed by atoms with Crippen molar-refractivity contribution in [3.05, 3.63) is 93.4 Å². The zero-order valence-electron chi connectivity index (χ0n) is 16.5. The van der Waals surface area contributed by atoms with E-state index in [1.807, 2.05) is 42.5 Å². The smallest absolute Gasteiger partial charge is 0.270 e. The molecule has 3 aromatic carbocycles. The van der Waals surface area contributed by atoms with Gasteiger partial charge in [-0.2, -0.15) is 0 Å². The first kappa shape index (κ1) is 21.7. The number of amides is 1. The largest absolute Gasteiger partial charge is 0.325 e. The molecule has 0 saturated carbocycles. The first-order valence-corrected chi connectivity index (χ1v) is 11.2. The van der Waals surface area contributed by atoms with Crippen LogP contribution >= 0.6 is 27.7 Å². The van der Waals surface area contributed by atoms with E-state index in [1.54, 1.807) is 28.8 Å². The molecule has 0 unspecified atom stereocenters. The number of nitrogens with zero attached hydrogens (tertiary/aromatic N) is 4. The second-order valence-electron chi connectivity index (χ2n) is 6.63. The van der Waals surface area contributed by atoms with E-state index in [2.05, 4.69) is 31.4 Å². The first-order chi connectivity index (χ1) is 15.5. The van der Waals surface area contributed by atoms with E-state index in [0.29, 0.717) is 22.2 Å². The molecule has 4 aromatic rings. The van der Waals surface area contributed by atoms with Crippen LogP contribution < -0.4 is 5.32 Å². The molecule has 0 aliphatic rings. The Bertz CT molecular complexity index is 1260. The van der Waals surface area contributed by atoms with Crippen LogP contribution in [0, 0.1) is 10.1 Å². The summed E-state index contributed by atoms with van der Waals surface area (Å²) in [6.07, 6.45) is 0. The maximum Gasteiger partial charge on any atom is 0.270 e. The molecule has 1 N–H and O–H groups in total. The highest BCUT2D eigenvalue weighted by Gasteiger charge is 2.19. The molecule has 32 heavy (non-hydrogen) atoms. The molecule has 0 aliphatic heterocycles. The average molecular weight is 510 g/mol. The third-order valence-electron chi connectivity index (χ3n) is 4.42. The van der Waals surface area contributed by atoms with E-state index in [0.717, 1.165) is 10.2 Å². The van der Waals surface area contributed by atoms with Gasteiger partial charge < -0.3 is 5.32 Å². The molecule has 4 rings (SSSR count). The summed E-state index contributed by atoms with van der Waals surface area (Å²) in [6.45, 7) is 0. The summed E-state index contributed by atoms with van der Waals surface area (Å²) in [5.41, 5.74) is 2.00. The third kappa shape index (κ3) is 5.04. The van der Waals surface area contributed by atoms with Crippen LogP contribution in [0.1, 0.15) is 0 Å². The highest BCUT2D eigenvalue weighted by atomic mass is 79.9. The zero-order chi connectivity index (χ0) is 22.5. The fourth-order valence-corrected chi connectivity index (χ4v) is 4.00. The molecule has 10 heteroatoms. The second-order valence-corrected chi connectivity index (χ2v) is 8.49. The van der Waals surface area contributed by atoms with Gasteiger partial charge in [-0.05, 0) is 36.4 Å². The molecule has 0 bridgehead atoms. The van der Waals surface area contributed by atoms with Crippen LogP contribution in [0.5, 0.6) is 0 Å². The van der Waals surface area contributed by atoms with Crippen LogP contribution in [0.3, 0.4) is 0 Å². The number of nitrogens with one attached hydrogen (secondary N) is 1. The normalized spacial score (nSPS) is 10.7. The van der Waals surface area contributed by atoms with Gasteiger partial charge in [-0.1, -0.05) is 58.0 Å². The highest BCUT2D eigenvalue weighted by molar-refractivity contribution is 9.10. The van der Waals surface area contributed by atoms with Crippen LogP contribution in [-0.4, -0.2) is 31.3 Å². The van der Waals surface area contributed by atoms with Crippen LogP contribution in [0.2, 0.25) is 0 Å². The number of hydrogen-bond donors (Lipinski definition) is 1. The summed E-state index contributed by atoms with van der Waals surface area (Å²) in [5.74, 6) is 0.392. The van der Waals surface area contributed by atoms with Gasteiger partial charge >= 0.3 is 0 Å². The Balaban J connectivity index is 1.61. The molecule has 0 aliphatic carbocycles. The van der Waals surface area contributed by atoms with Crippen molar-refractivity contribution in [2.75, 3.05) is 11.1 Å². The maximum absolute atomic E-state index is 12.4. The molecule has 1 aromatic heterocycles. The topological polar surface area (TPSA) is 103 Å². The number of hydrogen-bond acceptors (Lipinski definition) is 6. The summed E-state index contributed by atoms with van der Waals surface area (Å²) in [7, 11) is 0. The average Bonchev–Trinajstić information content (AvgIpc) is 3.24. The maximum atomic E-state index is 12.4. The fraction of sp³-hybridized carbons (Fsp3) is 0.0455. The number of halogens is 1. The van der Waals surface area contributed by atoms with E-state index in [9.17, 15) is 14.9 Å². The summed E-state index contributed by atoms with van der Waals surface area (Å²) in [5, 5.41) is 23.1. The lowest BCUT2D eigenvalue weighted by Crippen LogP contribution is -2.14. The van der Waals surface area contributed by atoms with Gasteiger partial charge in [0.2, 0.25) is 5.91 Å². The van der Waals surface area contributed by atoms with Gasteiger partial charge in [0.25, 0.3) is 5.69 Å². The van der Waals surface area contributed by atoms with Crippen LogP contribution in [0.25, 0.3) is 17.1 Å². The van der Waals surface area contributed by atoms with Crippen molar-refractivity contribution in [1.29, 1.82) is 0 Å². The molecular formula is C22H16BrN5O3S. The molecule has 1 heterocycles. The van der Waals surface area contributed by atoms with E-state index in [1.165, 1.54) is 23.9 Å². The Morgan fingerprint density at radius 3 is 2.50 bits per heavy atom. The fourth-order valence-electron chi connectivity index (χ4n) is 2.98. The quantitative estimate of drug-likeness (QED) is 0.205. The summed E-state index contributed by atoms with van der Waals surface area (Å²) in [4.78, 5) is 23.2. The Kier molecular flexibility index (Phi) is 6.62. The Morgan fingerprint density at radius 2 is 1.78 bits per heavy atom. The summed E-state index contributed by atoms with van der Waals surface area (Å²) < 4.78 is 2.71. The number of non-ortho nitro benzene ring substituents is 1. The Morgan fingerprint density at radius 1 is 1.03 bits per heavy atom. The summed E-state index contributed by atoms with van der Waals surface area (Å²) in [6, 6.07) is 22.9. The number of anilines is 1. The molecule has 0 atom stereocenters. The predicted octanol–water partition coefficient (Wildman–Crippen LogP) is 5.34. The molecule has 160 valence electrons. The van der Waals surface area contributed by atoms with Crippen molar-refractivity contribution >= 4 is 45.0 Å². The zero-order valence-corrected chi connectivity index (χ0v) is 18.9. The van der Waals surface area contributed by atoms with Crippen molar-refractivity contribution in [3.8, 4) is 17.1 Å². The van der Waals surface area contributed by atoms with Crippen LogP contribution in [0.4, 0.5) is 11.4 Å². The van der Waals surface area contributed by atoms with Crippen molar-refractivity contribution in [2.45, 2.75) is 5.16 Å². The predicted molar refractivity (Wildman–Crippen MR) is 127 cm³/mol. The molecule has 8 nitrogen and oxygen atoms in total. The van der Waals surface area contributed by atoms with Crippen molar-refractivity contribution < 1.29 is 9.72 Å². The Hall–Kier alpha value is -3.50. The monoisotopic (exact) mass is 509 g/mol. The lowest BCUT2D eigenvalue weighted by atomic mass is 10.2. The second kappa shape index (κ2) is 9.75. The first-order valence-electron chi connectivity index (χ1n) is 9.45. The van der Waals surface area contributed by atoms with Gasteiger partial charge in [-0.15, -0.1) is 10.2 Å². The van der Waals surface area contributed by atoms with E-state index >= 15 is 0 Å². The number of carbonyl (C=O) groups is 1. The standard InChI is InChI=1S/C22H16BrN5O3S/c23-16-9-11-17(12-10-16)24-20(29)14-32-22-26-25-21(27(22)18-6-2-1-3-7-18)15-5-4-8-19(13-15)28(30)31/h1-13H,14H2,(H,24,29). The van der Waals surface area contributed by atoms with Gasteiger partial charge in [-0.3, -0.25) is 19.5 Å². The molecule has 1 amide bonds. The molecule has 0 spiro atoms. The molecule has 0 radical (unpaired) electrons. The number of aromatic nitrogens is 3. The number of rotatable bonds is 7. The summed E-state index contributed by atoms with van der Waals surface area (Å²) >= 11 is 4.60. The van der Waals surface area contributed by atoms with E-state index < -0.39 is 4.92 Å². The van der Waals surface area contributed by atoms with Gasteiger partial charge in [0.05, 0.1) is 10.7 Å². The number of nitro benzene ring substituents is 1. The van der Waals surface area contributed by atoms with Gasteiger partial charge in [0.15, 0.2) is 11.0 Å². The van der Waals surface area contributed by atoms with E-state index in [4.69, 9.17) is 0 Å². The lowest BCUT2D eigenvalue weighted by Gasteiger charge is -2.10. The minimum atomic E-state index is -0.450. The van der Waals surface area contributed by atoms with Crippen LogP contribution in [-0.2, 0) is 4.79 Å². The van der Waals surface area contributed by atoms with Crippen molar-refractivity contribution in [2.24, 2.45) is 0 Å². The number of nitro groups is 1. The van der Waals surface area contributed by atoms with Crippen LogP contribution in [0.15, 0.2) is 88.5 Å². The molecule has 0 fully saturated rings. The molecular weight excluding hydrogens is 494 g/mol. The Labute approximate surface area is 196 Å². The number of thioether (sulfide) groups is 1. The third-order valence-corrected chi connectivity index (χ3v) is 5.88. The SMILES string of the molecule is O=C(CSc1nnc(-c2cccc([N+](=O)[O-])c2)n1-c1ccccc1)Nc1ccc(Br)cc1. The molecule has 0 saturated heterocycles. The van der Waals surface area contributed by atoms with E-state index in [-0.39, 0.29) is 17.3 Å². The minimum absolute atomic E-state index is 0.0341. The number of benzene rings is 3. The van der Waals surface area contributed by atoms with Crippen molar-refractivity contribution in [3.63, 3.8) is 0 Å².